The van der Waals surface area contributed by atoms with Crippen LogP contribution < -0.4 is 16.0 Å². The van der Waals surface area contributed by atoms with E-state index in [1.807, 2.05) is 0 Å². The van der Waals surface area contributed by atoms with Gasteiger partial charge >= 0.3 is 0 Å². The van der Waals surface area contributed by atoms with Crippen LogP contribution in [0.1, 0.15) is 22.1 Å². The molecule has 9 nitrogen and oxygen atoms in total. The third-order valence-electron chi connectivity index (χ3n) is 5.42. The van der Waals surface area contributed by atoms with Crippen LogP contribution in [0.15, 0.2) is 48.2 Å². The molecule has 0 unspecified atom stereocenters. The van der Waals surface area contributed by atoms with Crippen molar-refractivity contribution in [1.82, 2.24) is 15.5 Å². The van der Waals surface area contributed by atoms with Gasteiger partial charge in [0.15, 0.2) is 11.6 Å². The first-order chi connectivity index (χ1) is 16.7. The van der Waals surface area contributed by atoms with E-state index < -0.39 is 23.7 Å². The topological polar surface area (TPSA) is 130 Å². The van der Waals surface area contributed by atoms with E-state index in [2.05, 4.69) is 16.0 Å². The Morgan fingerprint density at radius 1 is 1.14 bits per heavy atom. The fourth-order valence-corrected chi connectivity index (χ4v) is 4.15. The summed E-state index contributed by atoms with van der Waals surface area (Å²) < 4.78 is 19.4. The molecule has 0 aromatic heterocycles. The normalized spacial score (nSPS) is 18.7. The Hall–Kier alpha value is -3.47. The molecule has 2 aliphatic rings. The maximum atomic E-state index is 13.8. The summed E-state index contributed by atoms with van der Waals surface area (Å²) in [6, 6.07) is 8.80. The van der Waals surface area contributed by atoms with Gasteiger partial charge in [-0.3, -0.25) is 20.4 Å². The average Bonchev–Trinajstić information content (AvgIpc) is 3.21. The highest BCUT2D eigenvalue weighted by molar-refractivity contribution is 6.46. The molecular weight excluding hydrogens is 498 g/mol. The summed E-state index contributed by atoms with van der Waals surface area (Å²) in [6.45, 7) is 2.76. The number of carbonyl (C=O) groups excluding carboxylic acids is 2. The Morgan fingerprint density at radius 2 is 1.83 bits per heavy atom. The Bertz CT molecular complexity index is 1230. The number of amidine groups is 1. The molecule has 5 N–H and O–H groups in total. The molecule has 2 aliphatic heterocycles. The van der Waals surface area contributed by atoms with Gasteiger partial charge in [-0.1, -0.05) is 23.2 Å². The molecule has 35 heavy (non-hydrogen) atoms. The quantitative estimate of drug-likeness (QED) is 0.306. The second kappa shape index (κ2) is 10.4. The minimum atomic E-state index is -1.05. The summed E-state index contributed by atoms with van der Waals surface area (Å²) in [7, 11) is 0. The Labute approximate surface area is 210 Å². The standard InChI is InChI=1S/C23H21Cl2FN6O3/c24-14-5-6-15(26)19(25)18(14)22-31-20(28)17(35-22)11-16(27)21(33)30-13-3-1-12(2-4-13)23(34)32-9-7-29-8-10-32/h1-6,11,22,27,29H,7-10H2,(H2,28,31)(H,30,33)/b17-11+,27-16?/t22-/m0/s1. The van der Waals surface area contributed by atoms with Crippen molar-refractivity contribution in [3.63, 3.8) is 0 Å². The summed E-state index contributed by atoms with van der Waals surface area (Å²) in [4.78, 5) is 26.8. The van der Waals surface area contributed by atoms with Crippen LogP contribution >= 0.6 is 23.2 Å². The fraction of sp³-hybridized carbons (Fsp3) is 0.217. The highest BCUT2D eigenvalue weighted by Gasteiger charge is 2.31. The number of amides is 2. The van der Waals surface area contributed by atoms with Crippen molar-refractivity contribution < 1.29 is 18.7 Å². The van der Waals surface area contributed by atoms with E-state index in [1.165, 1.54) is 6.07 Å². The summed E-state index contributed by atoms with van der Waals surface area (Å²) in [5, 5.41) is 24.4. The van der Waals surface area contributed by atoms with E-state index in [4.69, 9.17) is 38.8 Å². The van der Waals surface area contributed by atoms with Crippen molar-refractivity contribution in [2.75, 3.05) is 31.5 Å². The van der Waals surface area contributed by atoms with Crippen molar-refractivity contribution in [3.8, 4) is 0 Å². The summed E-state index contributed by atoms with van der Waals surface area (Å²) >= 11 is 12.1. The van der Waals surface area contributed by atoms with Crippen molar-refractivity contribution in [2.45, 2.75) is 6.23 Å². The van der Waals surface area contributed by atoms with Crippen molar-refractivity contribution in [3.05, 3.63) is 75.2 Å². The van der Waals surface area contributed by atoms with Gasteiger partial charge < -0.3 is 25.6 Å². The summed E-state index contributed by atoms with van der Waals surface area (Å²) in [5.41, 5.74) is 0.519. The summed E-state index contributed by atoms with van der Waals surface area (Å²) in [6.07, 6.45) is 0.00899. The van der Waals surface area contributed by atoms with E-state index in [0.29, 0.717) is 24.3 Å². The van der Waals surface area contributed by atoms with Crippen LogP contribution in [-0.4, -0.2) is 54.4 Å². The van der Waals surface area contributed by atoms with Gasteiger partial charge in [0.25, 0.3) is 11.8 Å². The lowest BCUT2D eigenvalue weighted by molar-refractivity contribution is -0.110. The molecule has 2 heterocycles. The van der Waals surface area contributed by atoms with E-state index in [0.717, 1.165) is 25.2 Å². The molecule has 4 rings (SSSR count). The zero-order valence-corrected chi connectivity index (χ0v) is 19.8. The fourth-order valence-electron chi connectivity index (χ4n) is 3.58. The van der Waals surface area contributed by atoms with Gasteiger partial charge in [-0.25, -0.2) is 4.39 Å². The minimum Gasteiger partial charge on any atom is -0.462 e. The average molecular weight is 519 g/mol. The third kappa shape index (κ3) is 5.45. The highest BCUT2D eigenvalue weighted by atomic mass is 35.5. The van der Waals surface area contributed by atoms with Gasteiger partial charge in [0.05, 0.1) is 15.6 Å². The molecule has 2 saturated heterocycles. The number of nitrogens with zero attached hydrogens (tertiary/aromatic N) is 1. The molecule has 2 aromatic carbocycles. The number of hydrogen-bond acceptors (Lipinski definition) is 6. The van der Waals surface area contributed by atoms with Gasteiger partial charge in [-0.15, -0.1) is 0 Å². The van der Waals surface area contributed by atoms with Gasteiger partial charge in [-0.2, -0.15) is 0 Å². The summed E-state index contributed by atoms with van der Waals surface area (Å²) in [5.74, 6) is -1.86. The molecule has 2 fully saturated rings. The molecule has 182 valence electrons. The first-order valence-corrected chi connectivity index (χ1v) is 11.4. The first-order valence-electron chi connectivity index (χ1n) is 10.6. The van der Waals surface area contributed by atoms with Crippen LogP contribution in [0.5, 0.6) is 0 Å². The van der Waals surface area contributed by atoms with Crippen LogP contribution in [0.4, 0.5) is 10.1 Å². The Balaban J connectivity index is 1.40. The van der Waals surface area contributed by atoms with Crippen LogP contribution in [0, 0.1) is 16.6 Å². The predicted molar refractivity (Wildman–Crippen MR) is 131 cm³/mol. The smallest absolute Gasteiger partial charge is 0.273 e. The van der Waals surface area contributed by atoms with Crippen LogP contribution in [0.3, 0.4) is 0 Å². The van der Waals surface area contributed by atoms with Gasteiger partial charge in [0, 0.05) is 43.5 Å². The maximum absolute atomic E-state index is 13.8. The molecule has 0 bridgehead atoms. The van der Waals surface area contributed by atoms with E-state index in [-0.39, 0.29) is 33.1 Å². The number of ether oxygens (including phenoxy) is 1. The number of halogens is 3. The third-order valence-corrected chi connectivity index (χ3v) is 6.14. The molecule has 0 saturated carbocycles. The van der Waals surface area contributed by atoms with Crippen molar-refractivity contribution >= 4 is 52.3 Å². The lowest BCUT2D eigenvalue weighted by Gasteiger charge is -2.27. The maximum Gasteiger partial charge on any atom is 0.273 e. The predicted octanol–water partition coefficient (Wildman–Crippen LogP) is 3.32. The zero-order chi connectivity index (χ0) is 25.1. The second-order valence-electron chi connectivity index (χ2n) is 7.77. The van der Waals surface area contributed by atoms with Crippen LogP contribution in [0.2, 0.25) is 10.0 Å². The molecule has 1 atom stereocenters. The molecule has 0 aliphatic carbocycles. The number of anilines is 1. The number of hydrogen-bond donors (Lipinski definition) is 5. The molecule has 0 spiro atoms. The molecule has 0 radical (unpaired) electrons. The number of benzene rings is 2. The number of nitrogens with one attached hydrogen (secondary N) is 5. The first kappa shape index (κ1) is 24.6. The number of piperazine rings is 1. The monoisotopic (exact) mass is 518 g/mol. The van der Waals surface area contributed by atoms with Crippen LogP contribution in [0.25, 0.3) is 0 Å². The highest BCUT2D eigenvalue weighted by Crippen LogP contribution is 2.36. The number of carbonyl (C=O) groups is 2. The molecule has 12 heteroatoms. The SMILES string of the molecule is N=C(/C=C1/O[C@@H](c2c(Cl)ccc(F)c2Cl)NC1=N)C(=O)Nc1ccc(C(=O)N2CCNCC2)cc1. The number of rotatable bonds is 5. The molecule has 2 aromatic rings. The van der Waals surface area contributed by atoms with E-state index >= 15 is 0 Å². The van der Waals surface area contributed by atoms with E-state index in [1.54, 1.807) is 29.2 Å². The largest absolute Gasteiger partial charge is 0.462 e. The lowest BCUT2D eigenvalue weighted by Crippen LogP contribution is -2.46. The molecule has 2 amide bonds. The second-order valence-corrected chi connectivity index (χ2v) is 8.56. The Morgan fingerprint density at radius 3 is 2.51 bits per heavy atom. The van der Waals surface area contributed by atoms with Crippen LogP contribution in [-0.2, 0) is 9.53 Å². The zero-order valence-electron chi connectivity index (χ0n) is 18.3. The van der Waals surface area contributed by atoms with Crippen molar-refractivity contribution in [2.24, 2.45) is 0 Å². The lowest BCUT2D eigenvalue weighted by atomic mass is 10.1. The van der Waals surface area contributed by atoms with Gasteiger partial charge in [0.2, 0.25) is 6.23 Å². The van der Waals surface area contributed by atoms with E-state index in [9.17, 15) is 14.0 Å². The van der Waals surface area contributed by atoms with Gasteiger partial charge in [0.1, 0.15) is 11.5 Å². The minimum absolute atomic E-state index is 0.0840. The van der Waals surface area contributed by atoms with Crippen molar-refractivity contribution in [1.29, 1.82) is 10.8 Å². The molecular formula is C23H21Cl2FN6O3. The Kier molecular flexibility index (Phi) is 7.34. The van der Waals surface area contributed by atoms with Gasteiger partial charge in [-0.05, 0) is 36.4 Å².